The lowest BCUT2D eigenvalue weighted by molar-refractivity contribution is -0.148. The van der Waals surface area contributed by atoms with Gasteiger partial charge in [-0.05, 0) is 53.5 Å². The second-order valence-corrected chi connectivity index (χ2v) is 9.45. The molecule has 0 aromatic rings. The van der Waals surface area contributed by atoms with Crippen molar-refractivity contribution in [1.82, 2.24) is 4.90 Å². The molecule has 1 aliphatic rings. The van der Waals surface area contributed by atoms with E-state index >= 15 is 0 Å². The molecule has 8 nitrogen and oxygen atoms in total. The van der Waals surface area contributed by atoms with E-state index in [-0.39, 0.29) is 17.7 Å². The largest absolute Gasteiger partial charge is 0.508 e. The molecule has 0 aromatic heterocycles. The van der Waals surface area contributed by atoms with Crippen LogP contribution in [0, 0.1) is 0 Å². The van der Waals surface area contributed by atoms with E-state index in [1.807, 2.05) is 0 Å². The van der Waals surface area contributed by atoms with Gasteiger partial charge in [-0.25, -0.2) is 14.4 Å². The Bertz CT molecular complexity index is 604. The normalized spacial score (nSPS) is 19.2. The predicted molar refractivity (Wildman–Crippen MR) is 106 cm³/mol. The first-order valence-corrected chi connectivity index (χ1v) is 10.1. The maximum absolute atomic E-state index is 12.4. The highest BCUT2D eigenvalue weighted by atomic mass is 32.2. The van der Waals surface area contributed by atoms with Crippen LogP contribution < -0.4 is 0 Å². The lowest BCUT2D eigenvalue weighted by Gasteiger charge is -2.35. The number of ether oxygens (including phenoxy) is 4. The summed E-state index contributed by atoms with van der Waals surface area (Å²) in [7, 11) is 1.24. The molecule has 0 spiro atoms. The molecular weight excluding hydrogens is 386 g/mol. The standard InChI is InChI=1S/C19H31NO7S/c1-18(2,3)26-15(21)10-13-11-20(16(22)27-19(4,5)6)9-8-14(13)28-12-25-17(23)24-7/h10,14H,8-9,11-12H2,1-7H3/b13-10+. The van der Waals surface area contributed by atoms with Crippen LogP contribution in [0.25, 0.3) is 0 Å². The highest BCUT2D eigenvalue weighted by Crippen LogP contribution is 2.29. The van der Waals surface area contributed by atoms with Gasteiger partial charge >= 0.3 is 18.2 Å². The van der Waals surface area contributed by atoms with Gasteiger partial charge in [-0.2, -0.15) is 0 Å². The minimum Gasteiger partial charge on any atom is -0.457 e. The van der Waals surface area contributed by atoms with Gasteiger partial charge in [0.15, 0.2) is 0 Å². The van der Waals surface area contributed by atoms with Gasteiger partial charge in [0.1, 0.15) is 17.1 Å². The molecule has 28 heavy (non-hydrogen) atoms. The molecule has 1 unspecified atom stereocenters. The molecule has 1 heterocycles. The van der Waals surface area contributed by atoms with Crippen LogP contribution in [0.5, 0.6) is 0 Å². The first kappa shape index (κ1) is 24.1. The molecular formula is C19H31NO7S. The average molecular weight is 418 g/mol. The number of thioether (sulfide) groups is 1. The summed E-state index contributed by atoms with van der Waals surface area (Å²) in [6.07, 6.45) is 0.800. The fourth-order valence-electron chi connectivity index (χ4n) is 2.38. The maximum atomic E-state index is 12.4. The molecule has 1 saturated heterocycles. The Morgan fingerprint density at radius 3 is 2.25 bits per heavy atom. The summed E-state index contributed by atoms with van der Waals surface area (Å²) in [6.45, 7) is 11.5. The molecule has 0 N–H and O–H groups in total. The van der Waals surface area contributed by atoms with Gasteiger partial charge in [-0.1, -0.05) is 0 Å². The Morgan fingerprint density at radius 2 is 1.71 bits per heavy atom. The molecule has 160 valence electrons. The van der Waals surface area contributed by atoms with Crippen LogP contribution in [0.1, 0.15) is 48.0 Å². The molecule has 0 bridgehead atoms. The van der Waals surface area contributed by atoms with Crippen molar-refractivity contribution in [3.05, 3.63) is 11.6 Å². The summed E-state index contributed by atoms with van der Waals surface area (Å²) in [5.41, 5.74) is -0.513. The zero-order chi connectivity index (χ0) is 21.5. The molecule has 1 aliphatic heterocycles. The zero-order valence-electron chi connectivity index (χ0n) is 17.7. The first-order chi connectivity index (χ1) is 12.8. The number of amides is 1. The zero-order valence-corrected chi connectivity index (χ0v) is 18.5. The molecule has 1 rings (SSSR count). The number of rotatable bonds is 4. The van der Waals surface area contributed by atoms with Crippen LogP contribution in [0.2, 0.25) is 0 Å². The fraction of sp³-hybridized carbons (Fsp3) is 0.737. The third-order valence-corrected chi connectivity index (χ3v) is 4.62. The van der Waals surface area contributed by atoms with Crippen molar-refractivity contribution in [2.24, 2.45) is 0 Å². The van der Waals surface area contributed by atoms with Crippen molar-refractivity contribution in [2.45, 2.75) is 64.4 Å². The summed E-state index contributed by atoms with van der Waals surface area (Å²) in [5.74, 6) is -0.400. The van der Waals surface area contributed by atoms with Crippen LogP contribution >= 0.6 is 11.8 Å². The van der Waals surface area contributed by atoms with Gasteiger partial charge in [0.2, 0.25) is 0 Å². The molecule has 1 atom stereocenters. The second kappa shape index (κ2) is 10.0. The van der Waals surface area contributed by atoms with Crippen molar-refractivity contribution in [1.29, 1.82) is 0 Å². The third-order valence-electron chi connectivity index (χ3n) is 3.42. The number of piperidine rings is 1. The van der Waals surface area contributed by atoms with E-state index in [1.165, 1.54) is 24.9 Å². The lowest BCUT2D eigenvalue weighted by atomic mass is 10.0. The van der Waals surface area contributed by atoms with Gasteiger partial charge in [0.25, 0.3) is 0 Å². The molecule has 9 heteroatoms. The number of hydrogen-bond acceptors (Lipinski definition) is 8. The molecule has 0 aliphatic carbocycles. The fourth-order valence-corrected chi connectivity index (χ4v) is 3.33. The van der Waals surface area contributed by atoms with E-state index in [0.717, 1.165) is 0 Å². The second-order valence-electron chi connectivity index (χ2n) is 8.31. The van der Waals surface area contributed by atoms with Gasteiger partial charge in [-0.15, -0.1) is 11.8 Å². The van der Waals surface area contributed by atoms with E-state index in [9.17, 15) is 14.4 Å². The SMILES string of the molecule is COC(=O)OCSC1CCN(C(=O)OC(C)(C)C)C/C1=C\C(=O)OC(C)(C)C. The van der Waals surface area contributed by atoms with Crippen LogP contribution in [0.4, 0.5) is 9.59 Å². The molecule has 0 aromatic carbocycles. The third kappa shape index (κ3) is 9.34. The van der Waals surface area contributed by atoms with Crippen molar-refractivity contribution in [2.75, 3.05) is 26.1 Å². The van der Waals surface area contributed by atoms with Crippen LogP contribution in [-0.4, -0.2) is 65.7 Å². The number of nitrogens with zero attached hydrogens (tertiary/aromatic N) is 1. The Morgan fingerprint density at radius 1 is 1.11 bits per heavy atom. The molecule has 1 amide bonds. The Balaban J connectivity index is 2.87. The molecule has 0 saturated carbocycles. The van der Waals surface area contributed by atoms with Gasteiger partial charge in [0.05, 0.1) is 7.11 Å². The Kier molecular flexibility index (Phi) is 8.66. The van der Waals surface area contributed by atoms with Gasteiger partial charge < -0.3 is 23.8 Å². The van der Waals surface area contributed by atoms with E-state index in [2.05, 4.69) is 4.74 Å². The van der Waals surface area contributed by atoms with Crippen molar-refractivity contribution in [3.8, 4) is 0 Å². The molecule has 0 radical (unpaired) electrons. The monoisotopic (exact) mass is 417 g/mol. The Labute approximate surface area is 170 Å². The van der Waals surface area contributed by atoms with E-state index in [4.69, 9.17) is 14.2 Å². The van der Waals surface area contributed by atoms with Gasteiger partial charge in [-0.3, -0.25) is 0 Å². The first-order valence-electron chi connectivity index (χ1n) is 9.04. The highest BCUT2D eigenvalue weighted by molar-refractivity contribution is 7.99. The number of carbonyl (C=O) groups is 3. The summed E-state index contributed by atoms with van der Waals surface area (Å²) in [4.78, 5) is 37.3. The van der Waals surface area contributed by atoms with E-state index in [0.29, 0.717) is 18.5 Å². The van der Waals surface area contributed by atoms with Crippen molar-refractivity contribution < 1.29 is 33.3 Å². The minimum absolute atomic E-state index is 0.0788. The number of hydrogen-bond donors (Lipinski definition) is 0. The smallest absolute Gasteiger partial charge is 0.457 e. The summed E-state index contributed by atoms with van der Waals surface area (Å²) in [5, 5.41) is -0.101. The maximum Gasteiger partial charge on any atom is 0.508 e. The summed E-state index contributed by atoms with van der Waals surface area (Å²) < 4.78 is 20.2. The topological polar surface area (TPSA) is 91.4 Å². The average Bonchev–Trinajstić information content (AvgIpc) is 2.52. The van der Waals surface area contributed by atoms with Gasteiger partial charge in [0, 0.05) is 24.4 Å². The van der Waals surface area contributed by atoms with Crippen LogP contribution in [-0.2, 0) is 23.7 Å². The summed E-state index contributed by atoms with van der Waals surface area (Å²) in [6, 6.07) is 0. The highest BCUT2D eigenvalue weighted by Gasteiger charge is 2.31. The summed E-state index contributed by atoms with van der Waals surface area (Å²) >= 11 is 1.36. The number of likely N-dealkylation sites (tertiary alicyclic amines) is 1. The minimum atomic E-state index is -0.767. The van der Waals surface area contributed by atoms with Crippen molar-refractivity contribution in [3.63, 3.8) is 0 Å². The van der Waals surface area contributed by atoms with Crippen LogP contribution in [0.3, 0.4) is 0 Å². The lowest BCUT2D eigenvalue weighted by Crippen LogP contribution is -2.44. The van der Waals surface area contributed by atoms with E-state index < -0.39 is 29.4 Å². The predicted octanol–water partition coefficient (Wildman–Crippen LogP) is 3.74. The Hall–Kier alpha value is -1.90. The number of carbonyl (C=O) groups excluding carboxylic acids is 3. The van der Waals surface area contributed by atoms with Crippen molar-refractivity contribution >= 4 is 30.0 Å². The number of methoxy groups -OCH3 is 1. The molecule has 1 fully saturated rings. The number of esters is 1. The van der Waals surface area contributed by atoms with E-state index in [1.54, 1.807) is 46.4 Å². The quantitative estimate of drug-likeness (QED) is 0.296. The van der Waals surface area contributed by atoms with Crippen LogP contribution in [0.15, 0.2) is 11.6 Å².